The molecule has 1 heterocycles. The van der Waals surface area contributed by atoms with Crippen LogP contribution < -0.4 is 10.1 Å². The van der Waals surface area contributed by atoms with Gasteiger partial charge in [0.1, 0.15) is 5.75 Å². The second kappa shape index (κ2) is 9.59. The van der Waals surface area contributed by atoms with Crippen molar-refractivity contribution >= 4 is 17.0 Å². The highest BCUT2D eigenvalue weighted by molar-refractivity contribution is 5.95. The SMILES string of the molecule is C[C@H](COc1ccc(-c2ccnc3cc(C#N)ccc23)cc1C(F)(F)F)CC(C)(C)NC(=O)O. The van der Waals surface area contributed by atoms with Crippen LogP contribution in [0.1, 0.15) is 38.3 Å². The van der Waals surface area contributed by atoms with E-state index < -0.39 is 23.4 Å². The number of benzene rings is 2. The molecule has 0 aliphatic rings. The fourth-order valence-corrected chi connectivity index (χ4v) is 4.02. The molecule has 1 atom stereocenters. The van der Waals surface area contributed by atoms with Crippen molar-refractivity contribution in [1.29, 1.82) is 5.26 Å². The summed E-state index contributed by atoms with van der Waals surface area (Å²) >= 11 is 0. The second-order valence-electron chi connectivity index (χ2n) is 8.85. The highest BCUT2D eigenvalue weighted by Gasteiger charge is 2.35. The maximum Gasteiger partial charge on any atom is 0.419 e. The first kappa shape index (κ1) is 24.8. The normalized spacial score (nSPS) is 12.7. The number of aromatic nitrogens is 1. The molecule has 0 aliphatic carbocycles. The van der Waals surface area contributed by atoms with E-state index in [1.54, 1.807) is 51.1 Å². The molecule has 0 aliphatic heterocycles. The van der Waals surface area contributed by atoms with Crippen LogP contribution in [0.15, 0.2) is 48.7 Å². The quantitative estimate of drug-likeness (QED) is 0.425. The fourth-order valence-electron chi connectivity index (χ4n) is 4.02. The van der Waals surface area contributed by atoms with Gasteiger partial charge in [-0.2, -0.15) is 18.4 Å². The van der Waals surface area contributed by atoms with Crippen LogP contribution in [0.4, 0.5) is 18.0 Å². The number of halogens is 3. The Morgan fingerprint density at radius 1 is 1.21 bits per heavy atom. The third kappa shape index (κ3) is 5.95. The van der Waals surface area contributed by atoms with Gasteiger partial charge < -0.3 is 15.2 Å². The number of carbonyl (C=O) groups is 1. The van der Waals surface area contributed by atoms with Crippen LogP contribution in [-0.4, -0.2) is 28.3 Å². The molecule has 0 fully saturated rings. The van der Waals surface area contributed by atoms with E-state index in [2.05, 4.69) is 10.3 Å². The third-order valence-electron chi connectivity index (χ3n) is 5.30. The maximum absolute atomic E-state index is 13.9. The summed E-state index contributed by atoms with van der Waals surface area (Å²) in [5.74, 6) is -0.502. The van der Waals surface area contributed by atoms with Crippen molar-refractivity contribution < 1.29 is 27.8 Å². The van der Waals surface area contributed by atoms with Crippen molar-refractivity contribution in [3.05, 3.63) is 59.8 Å². The topological polar surface area (TPSA) is 95.2 Å². The van der Waals surface area contributed by atoms with E-state index in [0.29, 0.717) is 34.0 Å². The predicted octanol–water partition coefficient (Wildman–Crippen LogP) is 6.24. The zero-order valence-corrected chi connectivity index (χ0v) is 18.9. The van der Waals surface area contributed by atoms with Gasteiger partial charge in [-0.3, -0.25) is 4.98 Å². The highest BCUT2D eigenvalue weighted by atomic mass is 19.4. The molecule has 1 amide bonds. The van der Waals surface area contributed by atoms with Crippen LogP contribution >= 0.6 is 0 Å². The molecule has 0 saturated heterocycles. The summed E-state index contributed by atoms with van der Waals surface area (Å²) in [5, 5.41) is 21.0. The number of ether oxygens (including phenoxy) is 1. The first-order valence-electron chi connectivity index (χ1n) is 10.5. The number of rotatable bonds is 7. The minimum absolute atomic E-state index is 0.0116. The van der Waals surface area contributed by atoms with Crippen molar-refractivity contribution in [2.75, 3.05) is 6.61 Å². The summed E-state index contributed by atoms with van der Waals surface area (Å²) in [6.07, 6.45) is -3.94. The predicted molar refractivity (Wildman–Crippen MR) is 121 cm³/mol. The lowest BCUT2D eigenvalue weighted by Crippen LogP contribution is -2.44. The van der Waals surface area contributed by atoms with E-state index >= 15 is 0 Å². The summed E-state index contributed by atoms with van der Waals surface area (Å²) < 4.78 is 47.2. The molecule has 2 aromatic carbocycles. The van der Waals surface area contributed by atoms with Crippen LogP contribution in [0.3, 0.4) is 0 Å². The van der Waals surface area contributed by atoms with Crippen molar-refractivity contribution in [1.82, 2.24) is 10.3 Å². The minimum atomic E-state index is -4.64. The number of pyridine rings is 1. The highest BCUT2D eigenvalue weighted by Crippen LogP contribution is 2.40. The van der Waals surface area contributed by atoms with E-state index in [4.69, 9.17) is 15.1 Å². The Labute approximate surface area is 195 Å². The molecule has 3 rings (SSSR count). The molecule has 178 valence electrons. The van der Waals surface area contributed by atoms with Crippen LogP contribution in [0.25, 0.3) is 22.0 Å². The maximum atomic E-state index is 13.9. The monoisotopic (exact) mass is 471 g/mol. The van der Waals surface area contributed by atoms with Gasteiger partial charge in [0.15, 0.2) is 0 Å². The van der Waals surface area contributed by atoms with Crippen LogP contribution in [0, 0.1) is 17.2 Å². The van der Waals surface area contributed by atoms with Gasteiger partial charge in [0.2, 0.25) is 0 Å². The minimum Gasteiger partial charge on any atom is -0.493 e. The smallest absolute Gasteiger partial charge is 0.419 e. The van der Waals surface area contributed by atoms with E-state index in [9.17, 15) is 18.0 Å². The fraction of sp³-hybridized carbons (Fsp3) is 0.320. The van der Waals surface area contributed by atoms with Crippen LogP contribution in [-0.2, 0) is 6.18 Å². The van der Waals surface area contributed by atoms with Gasteiger partial charge in [-0.25, -0.2) is 4.79 Å². The number of amides is 1. The first-order chi connectivity index (χ1) is 15.9. The average molecular weight is 471 g/mol. The summed E-state index contributed by atoms with van der Waals surface area (Å²) in [6.45, 7) is 5.17. The Balaban J connectivity index is 1.89. The largest absolute Gasteiger partial charge is 0.493 e. The first-order valence-corrected chi connectivity index (χ1v) is 10.5. The van der Waals surface area contributed by atoms with Gasteiger partial charge in [0.25, 0.3) is 0 Å². The zero-order chi connectivity index (χ0) is 25.1. The Kier molecular flexibility index (Phi) is 7.01. The lowest BCUT2D eigenvalue weighted by molar-refractivity contribution is -0.139. The number of hydrogen-bond donors (Lipinski definition) is 2. The average Bonchev–Trinajstić information content (AvgIpc) is 2.74. The zero-order valence-electron chi connectivity index (χ0n) is 18.9. The molecule has 0 unspecified atom stereocenters. The number of nitriles is 1. The number of alkyl halides is 3. The van der Waals surface area contributed by atoms with Gasteiger partial charge >= 0.3 is 12.3 Å². The molecule has 1 aromatic heterocycles. The molecular formula is C25H24F3N3O3. The molecule has 0 saturated carbocycles. The molecule has 0 spiro atoms. The molecule has 34 heavy (non-hydrogen) atoms. The van der Waals surface area contributed by atoms with E-state index in [1.807, 2.05) is 6.07 Å². The van der Waals surface area contributed by atoms with Gasteiger partial charge in [-0.1, -0.05) is 19.1 Å². The van der Waals surface area contributed by atoms with Gasteiger partial charge in [0.05, 0.1) is 29.3 Å². The number of nitrogens with zero attached hydrogens (tertiary/aromatic N) is 2. The van der Waals surface area contributed by atoms with Crippen molar-refractivity contribution in [3.63, 3.8) is 0 Å². The standard InChI is InChI=1S/C25H24F3N3O3/c1-15(12-24(2,3)31-23(32)33)14-34-22-7-5-17(11-20(22)25(26,27)28)18-8-9-30-21-10-16(13-29)4-6-19(18)21/h4-11,15,31H,12,14H2,1-3H3,(H,32,33)/t15-/m0/s1. The van der Waals surface area contributed by atoms with Crippen LogP contribution in [0.5, 0.6) is 5.75 Å². The Hall–Kier alpha value is -3.80. The molecule has 3 aromatic rings. The van der Waals surface area contributed by atoms with Gasteiger partial charge in [-0.05, 0) is 67.6 Å². The molecule has 9 heteroatoms. The van der Waals surface area contributed by atoms with E-state index in [-0.39, 0.29) is 18.3 Å². The van der Waals surface area contributed by atoms with Crippen molar-refractivity contribution in [2.24, 2.45) is 5.92 Å². The molecule has 6 nitrogen and oxygen atoms in total. The second-order valence-corrected chi connectivity index (χ2v) is 8.85. The van der Waals surface area contributed by atoms with E-state index in [1.165, 1.54) is 12.3 Å². The summed E-state index contributed by atoms with van der Waals surface area (Å²) in [4.78, 5) is 15.1. The van der Waals surface area contributed by atoms with Crippen molar-refractivity contribution in [2.45, 2.75) is 38.9 Å². The van der Waals surface area contributed by atoms with Crippen LogP contribution in [0.2, 0.25) is 0 Å². The third-order valence-corrected chi connectivity index (χ3v) is 5.30. The molecule has 0 bridgehead atoms. The Bertz CT molecular complexity index is 1250. The molecule has 0 radical (unpaired) electrons. The Morgan fingerprint density at radius 2 is 1.94 bits per heavy atom. The summed E-state index contributed by atoms with van der Waals surface area (Å²) in [5.41, 5.74) is 0.167. The molecular weight excluding hydrogens is 447 g/mol. The van der Waals surface area contributed by atoms with Gasteiger partial charge in [0, 0.05) is 17.1 Å². The molecule has 2 N–H and O–H groups in total. The van der Waals surface area contributed by atoms with E-state index in [0.717, 1.165) is 6.07 Å². The van der Waals surface area contributed by atoms with Crippen molar-refractivity contribution in [3.8, 4) is 22.9 Å². The van der Waals surface area contributed by atoms with Gasteiger partial charge in [-0.15, -0.1) is 0 Å². The number of carboxylic acid groups (broad SMARTS) is 1. The summed E-state index contributed by atoms with van der Waals surface area (Å²) in [6, 6.07) is 12.4. The lowest BCUT2D eigenvalue weighted by Gasteiger charge is -2.28. The number of fused-ring (bicyclic) bond motifs is 1. The number of hydrogen-bond acceptors (Lipinski definition) is 4. The Morgan fingerprint density at radius 3 is 2.59 bits per heavy atom. The summed E-state index contributed by atoms with van der Waals surface area (Å²) in [7, 11) is 0. The lowest BCUT2D eigenvalue weighted by atomic mass is 9.92. The number of nitrogens with one attached hydrogen (secondary N) is 1.